The molecule has 4 bridgehead atoms. The monoisotopic (exact) mass is 834 g/mol. The molecule has 314 valence electrons. The minimum Gasteiger partial charge on any atom is -0.486 e. The number of ether oxygens (including phenoxy) is 4. The lowest BCUT2D eigenvalue weighted by Gasteiger charge is -2.37. The molecular formula is C41H40F2N12O6. The summed E-state index contributed by atoms with van der Waals surface area (Å²) >= 11 is 0. The molecule has 1 saturated carbocycles. The number of halogens is 2. The van der Waals surface area contributed by atoms with Crippen LogP contribution in [-0.2, 0) is 13.1 Å². The summed E-state index contributed by atoms with van der Waals surface area (Å²) in [5.41, 5.74) is 2.75. The van der Waals surface area contributed by atoms with Crippen LogP contribution in [-0.4, -0.2) is 101 Å². The quantitative estimate of drug-likeness (QED) is 0.244. The molecule has 5 aliphatic rings. The Labute approximate surface area is 346 Å². The second-order valence-electron chi connectivity index (χ2n) is 16.4. The molecule has 61 heavy (non-hydrogen) atoms. The Hall–Kier alpha value is -6.86. The zero-order valence-corrected chi connectivity index (χ0v) is 33.3. The van der Waals surface area contributed by atoms with Crippen molar-refractivity contribution in [3.8, 4) is 23.3 Å². The normalized spacial score (nSPS) is 24.7. The van der Waals surface area contributed by atoms with Gasteiger partial charge in [0.2, 0.25) is 11.8 Å². The van der Waals surface area contributed by atoms with Crippen molar-refractivity contribution in [3.05, 3.63) is 82.7 Å². The third-order valence-electron chi connectivity index (χ3n) is 12.2. The first-order valence-corrected chi connectivity index (χ1v) is 20.3. The van der Waals surface area contributed by atoms with E-state index in [0.29, 0.717) is 77.1 Å². The lowest BCUT2D eigenvalue weighted by atomic mass is 10.0. The van der Waals surface area contributed by atoms with Crippen LogP contribution in [0.5, 0.6) is 23.3 Å². The molecule has 1 aliphatic carbocycles. The Morgan fingerprint density at radius 1 is 0.754 bits per heavy atom. The molecule has 0 radical (unpaired) electrons. The number of anilines is 2. The van der Waals surface area contributed by atoms with Crippen molar-refractivity contribution in [2.75, 3.05) is 29.6 Å². The first kappa shape index (κ1) is 37.2. The van der Waals surface area contributed by atoms with Gasteiger partial charge in [-0.1, -0.05) is 0 Å². The van der Waals surface area contributed by atoms with Gasteiger partial charge in [-0.2, -0.15) is 10.2 Å². The lowest BCUT2D eigenvalue weighted by Crippen LogP contribution is -2.43. The van der Waals surface area contributed by atoms with Gasteiger partial charge >= 0.3 is 0 Å². The SMILES string of the molecule is C[C@@H]1COc2cn3ncc4c3nc2N1Cc1cc(F)cnc1O[C@H]1CC(c2c3c5nc6c(cnn26)C(=O)N[C@@H](C)CCOc2ncc(F)cc2CN5[C@H](C)CO3)C[C@H]1NC4=O. The maximum atomic E-state index is 15.0. The summed E-state index contributed by atoms with van der Waals surface area (Å²) in [6.07, 6.45) is 7.32. The Morgan fingerprint density at radius 3 is 2.23 bits per heavy atom. The predicted octanol–water partition coefficient (Wildman–Crippen LogP) is 3.75. The minimum absolute atomic E-state index is 0.168. The van der Waals surface area contributed by atoms with Crippen molar-refractivity contribution in [2.45, 2.75) is 89.3 Å². The topological polar surface area (TPSA) is 188 Å². The number of hydrogen-bond acceptors (Lipinski definition) is 14. The number of hydrogen-bond donors (Lipinski definition) is 2. The van der Waals surface area contributed by atoms with E-state index in [1.807, 2.05) is 30.6 Å². The number of aromatic nitrogens is 8. The zero-order valence-electron chi connectivity index (χ0n) is 33.3. The summed E-state index contributed by atoms with van der Waals surface area (Å²) < 4.78 is 58.4. The van der Waals surface area contributed by atoms with Gasteiger partial charge in [0, 0.05) is 29.5 Å². The number of nitrogens with zero attached hydrogens (tertiary/aromatic N) is 10. The number of fused-ring (bicyclic) bond motifs is 3. The van der Waals surface area contributed by atoms with Gasteiger partial charge < -0.3 is 39.4 Å². The highest BCUT2D eigenvalue weighted by atomic mass is 19.1. The van der Waals surface area contributed by atoms with Gasteiger partial charge in [0.05, 0.1) is 74.5 Å². The first-order valence-electron chi connectivity index (χ1n) is 20.3. The summed E-state index contributed by atoms with van der Waals surface area (Å²) in [5.74, 6) is 0.0891. The van der Waals surface area contributed by atoms with E-state index in [9.17, 15) is 14.0 Å². The number of amides is 2. The highest BCUT2D eigenvalue weighted by Crippen LogP contribution is 2.47. The zero-order chi connectivity index (χ0) is 41.7. The van der Waals surface area contributed by atoms with Crippen LogP contribution in [0.15, 0.2) is 43.1 Å². The number of carbonyl (C=O) groups excluding carboxylic acids is 2. The third-order valence-corrected chi connectivity index (χ3v) is 12.2. The van der Waals surface area contributed by atoms with E-state index in [2.05, 4.69) is 25.7 Å². The van der Waals surface area contributed by atoms with Crippen LogP contribution in [0.2, 0.25) is 0 Å². The molecule has 6 aromatic rings. The van der Waals surface area contributed by atoms with Gasteiger partial charge in [-0.05, 0) is 45.7 Å². The van der Waals surface area contributed by atoms with E-state index in [1.54, 1.807) is 10.7 Å². The Kier molecular flexibility index (Phi) is 8.60. The highest BCUT2D eigenvalue weighted by molar-refractivity contribution is 6.01. The molecule has 18 nitrogen and oxygen atoms in total. The van der Waals surface area contributed by atoms with Gasteiger partial charge in [-0.3, -0.25) is 9.59 Å². The molecule has 10 heterocycles. The average molecular weight is 835 g/mol. The van der Waals surface area contributed by atoms with E-state index in [4.69, 9.17) is 34.0 Å². The molecule has 2 N–H and O–H groups in total. The molecule has 0 saturated heterocycles. The summed E-state index contributed by atoms with van der Waals surface area (Å²) in [4.78, 5) is 50.9. The molecule has 0 aromatic carbocycles. The van der Waals surface area contributed by atoms with Crippen LogP contribution in [0.25, 0.3) is 11.3 Å². The van der Waals surface area contributed by atoms with Crippen LogP contribution in [0.1, 0.15) is 83.5 Å². The molecule has 2 amide bonds. The second kappa shape index (κ2) is 14.1. The van der Waals surface area contributed by atoms with Crippen LogP contribution < -0.4 is 39.4 Å². The third kappa shape index (κ3) is 6.25. The van der Waals surface area contributed by atoms with Crippen molar-refractivity contribution in [2.24, 2.45) is 0 Å². The van der Waals surface area contributed by atoms with Gasteiger partial charge in [0.25, 0.3) is 11.8 Å². The molecule has 1 unspecified atom stereocenters. The fourth-order valence-corrected chi connectivity index (χ4v) is 9.03. The largest absolute Gasteiger partial charge is 0.486 e. The lowest BCUT2D eigenvalue weighted by molar-refractivity contribution is 0.0890. The van der Waals surface area contributed by atoms with E-state index in [-0.39, 0.29) is 73.2 Å². The molecule has 11 rings (SSSR count). The van der Waals surface area contributed by atoms with Crippen molar-refractivity contribution in [1.29, 1.82) is 0 Å². The molecule has 0 spiro atoms. The fraction of sp³-hybridized carbons (Fsp3) is 0.415. The van der Waals surface area contributed by atoms with E-state index in [0.717, 1.165) is 12.4 Å². The van der Waals surface area contributed by atoms with Crippen LogP contribution >= 0.6 is 0 Å². The summed E-state index contributed by atoms with van der Waals surface area (Å²) in [6.45, 7) is 7.02. The number of rotatable bonds is 1. The van der Waals surface area contributed by atoms with Crippen LogP contribution in [0.3, 0.4) is 0 Å². The van der Waals surface area contributed by atoms with Crippen LogP contribution in [0.4, 0.5) is 20.4 Å². The fourth-order valence-electron chi connectivity index (χ4n) is 9.03. The highest BCUT2D eigenvalue weighted by Gasteiger charge is 2.44. The Bertz CT molecular complexity index is 2780. The molecular weight excluding hydrogens is 795 g/mol. The first-order chi connectivity index (χ1) is 29.6. The average Bonchev–Trinajstić information content (AvgIpc) is 3.96. The molecule has 1 fully saturated rings. The minimum atomic E-state index is -0.682. The second-order valence-corrected chi connectivity index (χ2v) is 16.4. The van der Waals surface area contributed by atoms with E-state index >= 15 is 4.39 Å². The summed E-state index contributed by atoms with van der Waals surface area (Å²) in [7, 11) is 0. The van der Waals surface area contributed by atoms with Crippen molar-refractivity contribution in [3.63, 3.8) is 0 Å². The van der Waals surface area contributed by atoms with Gasteiger partial charge in [-0.15, -0.1) is 0 Å². The summed E-state index contributed by atoms with van der Waals surface area (Å²) in [5, 5.41) is 15.4. The van der Waals surface area contributed by atoms with Gasteiger partial charge in [-0.25, -0.2) is 37.7 Å². The van der Waals surface area contributed by atoms with Gasteiger partial charge in [0.15, 0.2) is 34.4 Å². The van der Waals surface area contributed by atoms with Crippen molar-refractivity contribution < 1.29 is 37.3 Å². The number of nitrogens with one attached hydrogen (secondary N) is 2. The standard InChI is InChI=1S/C41H40F2N12O6/c1-19-4-5-58-40-23(6-25(42)10-44-40)14-53-21(3)18-60-33-32(55-35(51-37(33)53)28(13-47-55)38(56)48-19)22-8-29-30(9-22)61-41-24(7-26(43)11-45-41)15-52-20(2)17-59-31-16-54-34(50-36(31)52)27(12-46-54)39(57)49-29/h6-7,10-13,16,19-22,29-30H,4-5,8-9,14-15,17-18H2,1-3H3,(H,48,56)(H,49,57)/t19-,20+,21+,22?,29+,30-/m0/s1. The van der Waals surface area contributed by atoms with E-state index in [1.165, 1.54) is 29.0 Å². The number of pyridine rings is 2. The molecule has 6 aromatic heterocycles. The van der Waals surface area contributed by atoms with Gasteiger partial charge in [0.1, 0.15) is 42.1 Å². The number of carbonyl (C=O) groups is 2. The maximum absolute atomic E-state index is 15.0. The Morgan fingerprint density at radius 2 is 1.43 bits per heavy atom. The maximum Gasteiger partial charge on any atom is 0.257 e. The Balaban J connectivity index is 1.05. The van der Waals surface area contributed by atoms with Crippen molar-refractivity contribution in [1.82, 2.24) is 49.8 Å². The molecule has 20 heteroatoms. The van der Waals surface area contributed by atoms with E-state index < -0.39 is 35.6 Å². The summed E-state index contributed by atoms with van der Waals surface area (Å²) in [6, 6.07) is 1.49. The molecule has 4 aliphatic heterocycles. The predicted molar refractivity (Wildman–Crippen MR) is 211 cm³/mol. The van der Waals surface area contributed by atoms with Crippen molar-refractivity contribution >= 4 is 34.7 Å². The molecule has 6 atom stereocenters. The van der Waals surface area contributed by atoms with Crippen LogP contribution in [0, 0.1) is 11.6 Å². The smallest absolute Gasteiger partial charge is 0.257 e.